The number of benzene rings is 1. The van der Waals surface area contributed by atoms with Gasteiger partial charge in [0.05, 0.1) is 0 Å². The fraction of sp³-hybridized carbons (Fsp3) is 0.571. The number of primary amides is 1. The molecule has 0 aliphatic carbocycles. The highest BCUT2D eigenvalue weighted by Crippen LogP contribution is 2.10. The van der Waals surface area contributed by atoms with Gasteiger partial charge < -0.3 is 16.4 Å². The molecule has 0 bridgehead atoms. The minimum absolute atomic E-state index is 0.189. The molecule has 0 aromatic heterocycles. The van der Waals surface area contributed by atoms with Crippen molar-refractivity contribution in [1.29, 1.82) is 0 Å². The van der Waals surface area contributed by atoms with Crippen LogP contribution in [-0.2, 0) is 20.8 Å². The summed E-state index contributed by atoms with van der Waals surface area (Å²) >= 11 is 0. The summed E-state index contributed by atoms with van der Waals surface area (Å²) in [5, 5.41) is 5.23. The van der Waals surface area contributed by atoms with Crippen molar-refractivity contribution in [3.63, 3.8) is 0 Å². The van der Waals surface area contributed by atoms with Crippen molar-refractivity contribution < 1.29 is 18.8 Å². The van der Waals surface area contributed by atoms with Crippen molar-refractivity contribution in [2.45, 2.75) is 77.3 Å². The van der Waals surface area contributed by atoms with Crippen LogP contribution in [0.3, 0.4) is 0 Å². The maximum atomic E-state index is 13.1. The zero-order valence-corrected chi connectivity index (χ0v) is 16.8. The number of rotatable bonds is 13. The molecular formula is C21H32FN3O3. The molecule has 0 aliphatic rings. The minimum atomic E-state index is -0.866. The third-order valence-electron chi connectivity index (χ3n) is 4.55. The molecule has 3 amide bonds. The van der Waals surface area contributed by atoms with Crippen LogP contribution in [0, 0.1) is 5.82 Å². The number of hydrogen-bond acceptors (Lipinski definition) is 3. The lowest BCUT2D eigenvalue weighted by Gasteiger charge is -2.21. The number of amides is 3. The zero-order valence-electron chi connectivity index (χ0n) is 16.8. The second kappa shape index (κ2) is 12.9. The van der Waals surface area contributed by atoms with Crippen LogP contribution in [0.25, 0.3) is 0 Å². The molecule has 0 saturated carbocycles. The molecule has 0 unspecified atom stereocenters. The number of nitrogens with two attached hydrogens (primary N) is 1. The minimum Gasteiger partial charge on any atom is -0.368 e. The lowest BCUT2D eigenvalue weighted by atomic mass is 10.0. The quantitative estimate of drug-likeness (QED) is 0.449. The Morgan fingerprint density at radius 3 is 2.14 bits per heavy atom. The highest BCUT2D eigenvalue weighted by Gasteiger charge is 2.25. The van der Waals surface area contributed by atoms with Gasteiger partial charge in [0, 0.05) is 13.3 Å². The Labute approximate surface area is 166 Å². The van der Waals surface area contributed by atoms with E-state index in [9.17, 15) is 18.8 Å². The monoisotopic (exact) mass is 393 g/mol. The molecule has 1 aromatic carbocycles. The fourth-order valence-corrected chi connectivity index (χ4v) is 3.00. The summed E-state index contributed by atoms with van der Waals surface area (Å²) in [6.07, 6.45) is 7.03. The molecule has 156 valence electrons. The average Bonchev–Trinajstić information content (AvgIpc) is 2.64. The van der Waals surface area contributed by atoms with Crippen LogP contribution >= 0.6 is 0 Å². The van der Waals surface area contributed by atoms with E-state index in [-0.39, 0.29) is 18.1 Å². The first-order valence-electron chi connectivity index (χ1n) is 9.94. The summed E-state index contributed by atoms with van der Waals surface area (Å²) in [5.41, 5.74) is 6.13. The zero-order chi connectivity index (χ0) is 20.9. The van der Waals surface area contributed by atoms with E-state index in [0.717, 1.165) is 25.7 Å². The Kier molecular flexibility index (Phi) is 10.8. The highest BCUT2D eigenvalue weighted by atomic mass is 19.1. The predicted molar refractivity (Wildman–Crippen MR) is 107 cm³/mol. The Morgan fingerprint density at radius 1 is 0.964 bits per heavy atom. The molecule has 1 aromatic rings. The van der Waals surface area contributed by atoms with Gasteiger partial charge in [-0.15, -0.1) is 0 Å². The summed E-state index contributed by atoms with van der Waals surface area (Å²) in [6.45, 7) is 3.46. The Balaban J connectivity index is 2.64. The molecule has 6 nitrogen and oxygen atoms in total. The van der Waals surface area contributed by atoms with E-state index < -0.39 is 23.9 Å². The molecule has 4 N–H and O–H groups in total. The van der Waals surface area contributed by atoms with Gasteiger partial charge in [0.2, 0.25) is 17.7 Å². The van der Waals surface area contributed by atoms with Gasteiger partial charge in [-0.3, -0.25) is 14.4 Å². The van der Waals surface area contributed by atoms with Crippen molar-refractivity contribution in [3.8, 4) is 0 Å². The number of hydrogen-bond donors (Lipinski definition) is 3. The first kappa shape index (κ1) is 23.6. The van der Waals surface area contributed by atoms with Gasteiger partial charge in [-0.2, -0.15) is 0 Å². The van der Waals surface area contributed by atoms with Crippen LogP contribution in [-0.4, -0.2) is 29.8 Å². The van der Waals surface area contributed by atoms with Gasteiger partial charge in [0.15, 0.2) is 0 Å². The van der Waals surface area contributed by atoms with Crippen molar-refractivity contribution in [3.05, 3.63) is 35.6 Å². The third kappa shape index (κ3) is 9.48. The van der Waals surface area contributed by atoms with Crippen LogP contribution in [0.5, 0.6) is 0 Å². The normalized spacial score (nSPS) is 12.8. The Hall–Kier alpha value is -2.44. The standard InChI is InChI=1S/C21H32FN3O3/c1-3-4-5-6-7-8-9-18(20(23)27)25-21(28)19(24-15(2)26)14-16-10-12-17(22)13-11-16/h10-13,18-19H,3-9,14H2,1-2H3,(H2,23,27)(H,24,26)(H,25,28)/t18-,19-/m0/s1. The van der Waals surface area contributed by atoms with Crippen molar-refractivity contribution >= 4 is 17.7 Å². The smallest absolute Gasteiger partial charge is 0.243 e. The van der Waals surface area contributed by atoms with E-state index in [4.69, 9.17) is 5.73 Å². The summed E-state index contributed by atoms with van der Waals surface area (Å²) in [4.78, 5) is 35.8. The third-order valence-corrected chi connectivity index (χ3v) is 4.55. The van der Waals surface area contributed by atoms with E-state index in [2.05, 4.69) is 17.6 Å². The summed E-state index contributed by atoms with van der Waals surface area (Å²) in [6, 6.07) is 4.06. The maximum Gasteiger partial charge on any atom is 0.243 e. The molecule has 1 rings (SSSR count). The van der Waals surface area contributed by atoms with Gasteiger partial charge in [0.25, 0.3) is 0 Å². The van der Waals surface area contributed by atoms with Crippen molar-refractivity contribution in [1.82, 2.24) is 10.6 Å². The van der Waals surface area contributed by atoms with E-state index >= 15 is 0 Å². The number of nitrogens with one attached hydrogen (secondary N) is 2. The SMILES string of the molecule is CCCCCCCC[C@H](NC(=O)[C@H](Cc1ccc(F)cc1)NC(C)=O)C(N)=O. The Morgan fingerprint density at radius 2 is 1.57 bits per heavy atom. The van der Waals surface area contributed by atoms with Gasteiger partial charge >= 0.3 is 0 Å². The summed E-state index contributed by atoms with van der Waals surface area (Å²) in [7, 11) is 0. The van der Waals surface area contributed by atoms with E-state index in [1.54, 1.807) is 12.1 Å². The van der Waals surface area contributed by atoms with E-state index in [1.807, 2.05) is 0 Å². The highest BCUT2D eigenvalue weighted by molar-refractivity contribution is 5.91. The van der Waals surface area contributed by atoms with Gasteiger partial charge in [0.1, 0.15) is 17.9 Å². The number of unbranched alkanes of at least 4 members (excludes halogenated alkanes) is 5. The second-order valence-electron chi connectivity index (χ2n) is 7.10. The fourth-order valence-electron chi connectivity index (χ4n) is 3.00. The molecular weight excluding hydrogens is 361 g/mol. The van der Waals surface area contributed by atoms with Gasteiger partial charge in [-0.05, 0) is 24.1 Å². The molecule has 0 saturated heterocycles. The average molecular weight is 394 g/mol. The van der Waals surface area contributed by atoms with Crippen LogP contribution in [0.4, 0.5) is 4.39 Å². The van der Waals surface area contributed by atoms with E-state index in [0.29, 0.717) is 12.0 Å². The summed E-state index contributed by atoms with van der Waals surface area (Å²) in [5.74, 6) is -1.81. The maximum absolute atomic E-state index is 13.1. The molecule has 0 radical (unpaired) electrons. The summed E-state index contributed by atoms with van der Waals surface area (Å²) < 4.78 is 13.1. The lowest BCUT2D eigenvalue weighted by Crippen LogP contribution is -2.53. The lowest BCUT2D eigenvalue weighted by molar-refractivity contribution is -0.130. The van der Waals surface area contributed by atoms with Crippen LogP contribution in [0.1, 0.15) is 64.4 Å². The first-order chi connectivity index (χ1) is 13.3. The van der Waals surface area contributed by atoms with E-state index in [1.165, 1.54) is 31.9 Å². The molecule has 0 aliphatic heterocycles. The van der Waals surface area contributed by atoms with Gasteiger partial charge in [-0.1, -0.05) is 57.6 Å². The number of halogens is 1. The first-order valence-corrected chi connectivity index (χ1v) is 9.94. The van der Waals surface area contributed by atoms with Crippen LogP contribution in [0.15, 0.2) is 24.3 Å². The van der Waals surface area contributed by atoms with Crippen molar-refractivity contribution in [2.75, 3.05) is 0 Å². The topological polar surface area (TPSA) is 101 Å². The van der Waals surface area contributed by atoms with Crippen LogP contribution in [0.2, 0.25) is 0 Å². The number of carbonyl (C=O) groups is 3. The Bertz CT molecular complexity index is 634. The molecule has 0 fully saturated rings. The largest absolute Gasteiger partial charge is 0.368 e. The van der Waals surface area contributed by atoms with Crippen molar-refractivity contribution in [2.24, 2.45) is 5.73 Å². The predicted octanol–water partition coefficient (Wildman–Crippen LogP) is 2.59. The van der Waals surface area contributed by atoms with Crippen LogP contribution < -0.4 is 16.4 Å². The van der Waals surface area contributed by atoms with Gasteiger partial charge in [-0.25, -0.2) is 4.39 Å². The molecule has 7 heteroatoms. The number of carbonyl (C=O) groups excluding carboxylic acids is 3. The second-order valence-corrected chi connectivity index (χ2v) is 7.10. The molecule has 28 heavy (non-hydrogen) atoms. The molecule has 0 heterocycles. The molecule has 2 atom stereocenters. The molecule has 0 spiro atoms.